The second-order valence-electron chi connectivity index (χ2n) is 7.17. The maximum absolute atomic E-state index is 6.14. The molecule has 4 nitrogen and oxygen atoms in total. The second-order valence-corrected chi connectivity index (χ2v) is 7.17. The zero-order valence-corrected chi connectivity index (χ0v) is 14.1. The molecule has 0 spiro atoms. The molecule has 0 atom stereocenters. The van der Waals surface area contributed by atoms with E-state index >= 15 is 0 Å². The molecule has 1 N–H and O–H groups in total. The molecular formula is C21H21N3O. The fraction of sp³-hybridized carbons (Fsp3) is 0.333. The first-order valence-electron chi connectivity index (χ1n) is 9.11. The minimum absolute atomic E-state index is 0.636. The molecule has 2 aliphatic carbocycles. The first-order valence-corrected chi connectivity index (χ1v) is 9.11. The fourth-order valence-corrected chi connectivity index (χ4v) is 3.12. The highest BCUT2D eigenvalue weighted by molar-refractivity contribution is 5.67. The lowest BCUT2D eigenvalue weighted by Crippen LogP contribution is -2.02. The monoisotopic (exact) mass is 331 g/mol. The lowest BCUT2D eigenvalue weighted by atomic mass is 10.1. The highest BCUT2D eigenvalue weighted by atomic mass is 16.5. The van der Waals surface area contributed by atoms with E-state index in [0.717, 1.165) is 40.9 Å². The van der Waals surface area contributed by atoms with Crippen molar-refractivity contribution < 1.29 is 4.74 Å². The summed E-state index contributed by atoms with van der Waals surface area (Å²) < 4.78 is 6.14. The molecule has 0 unspecified atom stereocenters. The molecule has 4 heteroatoms. The summed E-state index contributed by atoms with van der Waals surface area (Å²) in [7, 11) is 0. The van der Waals surface area contributed by atoms with Crippen molar-refractivity contribution in [3.05, 3.63) is 54.2 Å². The highest BCUT2D eigenvalue weighted by Gasteiger charge is 2.29. The van der Waals surface area contributed by atoms with E-state index in [9.17, 15) is 0 Å². The van der Waals surface area contributed by atoms with Crippen molar-refractivity contribution in [2.45, 2.75) is 31.6 Å². The summed E-state index contributed by atoms with van der Waals surface area (Å²) in [6, 6.07) is 14.3. The van der Waals surface area contributed by atoms with Crippen LogP contribution in [0.5, 0.6) is 5.75 Å². The van der Waals surface area contributed by atoms with E-state index in [-0.39, 0.29) is 0 Å². The van der Waals surface area contributed by atoms with Crippen LogP contribution in [-0.4, -0.2) is 21.8 Å². The summed E-state index contributed by atoms with van der Waals surface area (Å²) in [5, 5.41) is 7.56. The van der Waals surface area contributed by atoms with Crippen LogP contribution in [0.4, 0.5) is 0 Å². The number of rotatable bonds is 6. The van der Waals surface area contributed by atoms with Gasteiger partial charge in [-0.25, -0.2) is 0 Å². The Hall–Kier alpha value is -2.62. The van der Waals surface area contributed by atoms with Gasteiger partial charge in [-0.15, -0.1) is 0 Å². The number of nitrogens with one attached hydrogen (secondary N) is 1. The summed E-state index contributed by atoms with van der Waals surface area (Å²) in [5.41, 5.74) is 5.13. The molecule has 2 heterocycles. The molecule has 5 rings (SSSR count). The van der Waals surface area contributed by atoms with Gasteiger partial charge in [0.05, 0.1) is 23.7 Å². The number of aromatic nitrogens is 3. The van der Waals surface area contributed by atoms with Crippen molar-refractivity contribution >= 4 is 0 Å². The molecule has 0 radical (unpaired) electrons. The number of benzene rings is 1. The van der Waals surface area contributed by atoms with Gasteiger partial charge in [0.2, 0.25) is 0 Å². The summed E-state index contributed by atoms with van der Waals surface area (Å²) >= 11 is 0. The van der Waals surface area contributed by atoms with Gasteiger partial charge in [0.25, 0.3) is 0 Å². The van der Waals surface area contributed by atoms with E-state index in [1.165, 1.54) is 31.2 Å². The Kier molecular flexibility index (Phi) is 3.54. The van der Waals surface area contributed by atoms with Gasteiger partial charge in [-0.2, -0.15) is 5.10 Å². The van der Waals surface area contributed by atoms with Gasteiger partial charge in [-0.3, -0.25) is 10.1 Å². The zero-order valence-electron chi connectivity index (χ0n) is 14.1. The van der Waals surface area contributed by atoms with Gasteiger partial charge in [-0.1, -0.05) is 30.3 Å². The molecule has 0 bridgehead atoms. The molecule has 3 aromatic rings. The quantitative estimate of drug-likeness (QED) is 0.705. The van der Waals surface area contributed by atoms with Crippen molar-refractivity contribution in [2.75, 3.05) is 6.61 Å². The van der Waals surface area contributed by atoms with Crippen molar-refractivity contribution in [3.63, 3.8) is 0 Å². The molecule has 25 heavy (non-hydrogen) atoms. The minimum Gasteiger partial charge on any atom is -0.493 e. The smallest absolute Gasteiger partial charge is 0.126 e. The maximum Gasteiger partial charge on any atom is 0.126 e. The third-order valence-electron chi connectivity index (χ3n) is 5.01. The third-order valence-corrected chi connectivity index (χ3v) is 5.01. The first-order chi connectivity index (χ1) is 12.4. The number of nitrogens with zero attached hydrogens (tertiary/aromatic N) is 2. The van der Waals surface area contributed by atoms with Crippen LogP contribution >= 0.6 is 0 Å². The standard InChI is InChI=1S/C21H21N3O/c1-2-4-16(5-3-1)18-10-20(24-23-18)19-11-21(25-13-14-6-7-14)17(12-22-19)15-8-9-15/h1-5,10-12,14-15H,6-9,13H2,(H,23,24). The minimum atomic E-state index is 0.636. The average Bonchev–Trinajstić information content (AvgIpc) is 3.59. The summed E-state index contributed by atoms with van der Waals surface area (Å²) in [5.74, 6) is 2.40. The van der Waals surface area contributed by atoms with Crippen LogP contribution in [0.25, 0.3) is 22.6 Å². The normalized spacial score (nSPS) is 16.8. The Morgan fingerprint density at radius 2 is 1.84 bits per heavy atom. The molecule has 0 amide bonds. The van der Waals surface area contributed by atoms with E-state index in [0.29, 0.717) is 5.92 Å². The van der Waals surface area contributed by atoms with Crippen molar-refractivity contribution in [1.82, 2.24) is 15.2 Å². The molecule has 0 saturated heterocycles. The second kappa shape index (κ2) is 6.03. The van der Waals surface area contributed by atoms with E-state index in [2.05, 4.69) is 39.4 Å². The fourth-order valence-electron chi connectivity index (χ4n) is 3.12. The molecule has 0 aliphatic heterocycles. The molecule has 2 aliphatic rings. The van der Waals surface area contributed by atoms with Gasteiger partial charge < -0.3 is 4.74 Å². The van der Waals surface area contributed by atoms with Crippen LogP contribution < -0.4 is 4.74 Å². The maximum atomic E-state index is 6.14. The van der Waals surface area contributed by atoms with Crippen LogP contribution in [0.15, 0.2) is 48.7 Å². The third kappa shape index (κ3) is 3.16. The lowest BCUT2D eigenvalue weighted by molar-refractivity contribution is 0.296. The van der Waals surface area contributed by atoms with Crippen LogP contribution in [0.3, 0.4) is 0 Å². The lowest BCUT2D eigenvalue weighted by Gasteiger charge is -2.11. The van der Waals surface area contributed by atoms with E-state index in [4.69, 9.17) is 4.74 Å². The van der Waals surface area contributed by atoms with Crippen molar-refractivity contribution in [2.24, 2.45) is 5.92 Å². The predicted molar refractivity (Wildman–Crippen MR) is 97.4 cm³/mol. The molecule has 1 aromatic carbocycles. The van der Waals surface area contributed by atoms with Crippen LogP contribution in [0.2, 0.25) is 0 Å². The van der Waals surface area contributed by atoms with Crippen LogP contribution in [0, 0.1) is 5.92 Å². The van der Waals surface area contributed by atoms with Crippen LogP contribution in [-0.2, 0) is 0 Å². The number of H-pyrrole nitrogens is 1. The Bertz CT molecular complexity index is 879. The van der Waals surface area contributed by atoms with Crippen molar-refractivity contribution in [1.29, 1.82) is 0 Å². The van der Waals surface area contributed by atoms with E-state index < -0.39 is 0 Å². The van der Waals surface area contributed by atoms with Gasteiger partial charge in [0, 0.05) is 23.4 Å². The van der Waals surface area contributed by atoms with Crippen LogP contribution in [0.1, 0.15) is 37.2 Å². The molecule has 2 saturated carbocycles. The first kappa shape index (κ1) is 14.7. The largest absolute Gasteiger partial charge is 0.493 e. The number of hydrogen-bond acceptors (Lipinski definition) is 3. The van der Waals surface area contributed by atoms with Gasteiger partial charge >= 0.3 is 0 Å². The van der Waals surface area contributed by atoms with Gasteiger partial charge in [0.1, 0.15) is 5.75 Å². The molecule has 126 valence electrons. The molecule has 2 aromatic heterocycles. The predicted octanol–water partition coefficient (Wildman–Crippen LogP) is 4.80. The van der Waals surface area contributed by atoms with E-state index in [1.807, 2.05) is 24.4 Å². The number of aromatic amines is 1. The van der Waals surface area contributed by atoms with Gasteiger partial charge in [0.15, 0.2) is 0 Å². The summed E-state index contributed by atoms with van der Waals surface area (Å²) in [6.07, 6.45) is 7.11. The Morgan fingerprint density at radius 1 is 1.00 bits per heavy atom. The summed E-state index contributed by atoms with van der Waals surface area (Å²) in [4.78, 5) is 4.67. The zero-order chi connectivity index (χ0) is 16.6. The number of hydrogen-bond donors (Lipinski definition) is 1. The molecular weight excluding hydrogens is 310 g/mol. The SMILES string of the molecule is c1ccc(-c2cc(-c3cc(OCC4CC4)c(C4CC4)cn3)[nH]n2)cc1. The Labute approximate surface area is 147 Å². The number of ether oxygens (including phenoxy) is 1. The number of pyridine rings is 1. The summed E-state index contributed by atoms with van der Waals surface area (Å²) in [6.45, 7) is 0.835. The van der Waals surface area contributed by atoms with Crippen molar-refractivity contribution in [3.8, 4) is 28.4 Å². The Balaban J connectivity index is 1.45. The average molecular weight is 331 g/mol. The highest BCUT2D eigenvalue weighted by Crippen LogP contribution is 2.45. The topological polar surface area (TPSA) is 50.8 Å². The Morgan fingerprint density at radius 3 is 2.60 bits per heavy atom. The molecule has 2 fully saturated rings. The van der Waals surface area contributed by atoms with E-state index in [1.54, 1.807) is 0 Å². The van der Waals surface area contributed by atoms with Gasteiger partial charge in [-0.05, 0) is 43.6 Å².